The van der Waals surface area contributed by atoms with Gasteiger partial charge in [-0.15, -0.1) is 0 Å². The second-order valence-electron chi connectivity index (χ2n) is 6.74. The molecule has 1 heterocycles. The van der Waals surface area contributed by atoms with Crippen LogP contribution in [-0.2, 0) is 0 Å². The molecule has 2 aliphatic rings. The largest absolute Gasteiger partial charge is 0.378 e. The van der Waals surface area contributed by atoms with E-state index in [0.29, 0.717) is 17.9 Å². The molecule has 2 nitrogen and oxygen atoms in total. The first-order chi connectivity index (χ1) is 11.1. The van der Waals surface area contributed by atoms with Crippen molar-refractivity contribution in [2.75, 3.05) is 5.32 Å². The lowest BCUT2D eigenvalue weighted by atomic mass is 9.76. The van der Waals surface area contributed by atoms with Gasteiger partial charge in [0.25, 0.3) is 0 Å². The number of allylic oxidation sites excluding steroid dienone is 2. The van der Waals surface area contributed by atoms with Crippen molar-refractivity contribution in [3.8, 4) is 0 Å². The fraction of sp³-hybridized carbons (Fsp3) is 0.286. The van der Waals surface area contributed by atoms with Gasteiger partial charge in [0.15, 0.2) is 5.78 Å². The number of benzene rings is 2. The summed E-state index contributed by atoms with van der Waals surface area (Å²) in [6, 6.07) is 15.2. The zero-order chi connectivity index (χ0) is 16.0. The number of hydrogen-bond acceptors (Lipinski definition) is 2. The highest BCUT2D eigenvalue weighted by Gasteiger charge is 2.37. The van der Waals surface area contributed by atoms with Gasteiger partial charge in [-0.25, -0.2) is 0 Å². The summed E-state index contributed by atoms with van der Waals surface area (Å²) in [5, 5.41) is 3.72. The van der Waals surface area contributed by atoms with Crippen molar-refractivity contribution in [2.24, 2.45) is 5.92 Å². The molecule has 0 fully saturated rings. The van der Waals surface area contributed by atoms with Crippen molar-refractivity contribution < 1.29 is 4.79 Å². The van der Waals surface area contributed by atoms with Gasteiger partial charge in [0, 0.05) is 17.2 Å². The number of Topliss-reactive ketones (excluding diaryl/α,β-unsaturated/α-hetero) is 1. The fourth-order valence-corrected chi connectivity index (χ4v) is 3.92. The Labute approximate surface area is 137 Å². The predicted octanol–water partition coefficient (Wildman–Crippen LogP) is 5.02. The summed E-state index contributed by atoms with van der Waals surface area (Å²) in [5.74, 6) is 1.05. The Morgan fingerprint density at radius 2 is 1.91 bits per heavy atom. The van der Waals surface area contributed by atoms with E-state index in [1.54, 1.807) is 6.92 Å². The van der Waals surface area contributed by atoms with Gasteiger partial charge >= 0.3 is 0 Å². The van der Waals surface area contributed by atoms with Crippen molar-refractivity contribution in [2.45, 2.75) is 32.2 Å². The summed E-state index contributed by atoms with van der Waals surface area (Å²) in [7, 11) is 0. The molecule has 0 bridgehead atoms. The third-order valence-corrected chi connectivity index (χ3v) is 5.21. The number of hydrogen-bond donors (Lipinski definition) is 1. The van der Waals surface area contributed by atoms with Gasteiger partial charge in [-0.1, -0.05) is 42.0 Å². The number of anilines is 1. The highest BCUT2D eigenvalue weighted by Crippen LogP contribution is 2.49. The topological polar surface area (TPSA) is 29.1 Å². The van der Waals surface area contributed by atoms with Crippen molar-refractivity contribution in [3.05, 3.63) is 76.9 Å². The van der Waals surface area contributed by atoms with Crippen LogP contribution in [-0.4, -0.2) is 5.78 Å². The lowest BCUT2D eigenvalue weighted by Crippen LogP contribution is -2.29. The number of aryl methyl sites for hydroxylation is 1. The molecule has 1 aliphatic carbocycles. The first-order valence-electron chi connectivity index (χ1n) is 8.28. The fourth-order valence-electron chi connectivity index (χ4n) is 3.92. The molecule has 1 N–H and O–H groups in total. The highest BCUT2D eigenvalue weighted by atomic mass is 16.1. The SMILES string of the molecule is CC(=O)c1ccc2c(c1)[C@@H]1C=CC[C@@H]1[C@H](c1ccc(C)cc1)N2. The Kier molecular flexibility index (Phi) is 3.33. The predicted molar refractivity (Wildman–Crippen MR) is 94.0 cm³/mol. The molecular weight excluding hydrogens is 282 g/mol. The van der Waals surface area contributed by atoms with Crippen molar-refractivity contribution in [3.63, 3.8) is 0 Å². The summed E-state index contributed by atoms with van der Waals surface area (Å²) in [4.78, 5) is 11.7. The number of rotatable bonds is 2. The minimum absolute atomic E-state index is 0.131. The summed E-state index contributed by atoms with van der Waals surface area (Å²) >= 11 is 0. The van der Waals surface area contributed by atoms with Crippen LogP contribution in [0.1, 0.15) is 52.4 Å². The van der Waals surface area contributed by atoms with E-state index in [9.17, 15) is 4.79 Å². The lowest BCUT2D eigenvalue weighted by Gasteiger charge is -2.37. The van der Waals surface area contributed by atoms with Gasteiger partial charge in [0.05, 0.1) is 6.04 Å². The number of ketones is 1. The van der Waals surface area contributed by atoms with E-state index in [0.717, 1.165) is 17.7 Å². The standard InChI is InChI=1S/C21H21NO/c1-13-6-8-15(9-7-13)21-18-5-3-4-17(18)19-12-16(14(2)23)10-11-20(19)22-21/h3-4,6-12,17-18,21-22H,5H2,1-2H3/t17-,18+,21+/m1/s1. The van der Waals surface area contributed by atoms with E-state index in [1.807, 2.05) is 6.07 Å². The molecule has 0 amide bonds. The van der Waals surface area contributed by atoms with Gasteiger partial charge < -0.3 is 5.32 Å². The Bertz CT molecular complexity index is 788. The smallest absolute Gasteiger partial charge is 0.159 e. The van der Waals surface area contributed by atoms with Crippen LogP contribution >= 0.6 is 0 Å². The van der Waals surface area contributed by atoms with Crippen LogP contribution in [0.15, 0.2) is 54.6 Å². The van der Waals surface area contributed by atoms with E-state index in [1.165, 1.54) is 16.7 Å². The van der Waals surface area contributed by atoms with Gasteiger partial charge in [-0.2, -0.15) is 0 Å². The maximum Gasteiger partial charge on any atom is 0.159 e. The van der Waals surface area contributed by atoms with Crippen LogP contribution in [0.2, 0.25) is 0 Å². The highest BCUT2D eigenvalue weighted by molar-refractivity contribution is 5.95. The summed E-state index contributed by atoms with van der Waals surface area (Å²) < 4.78 is 0. The molecule has 2 aromatic rings. The summed E-state index contributed by atoms with van der Waals surface area (Å²) in [5.41, 5.74) is 5.86. The minimum atomic E-state index is 0.131. The van der Waals surface area contributed by atoms with Crippen LogP contribution < -0.4 is 5.32 Å². The maximum atomic E-state index is 11.7. The molecule has 0 radical (unpaired) electrons. The van der Waals surface area contributed by atoms with Gasteiger partial charge in [0.1, 0.15) is 0 Å². The van der Waals surface area contributed by atoms with Gasteiger partial charge in [-0.3, -0.25) is 4.79 Å². The Morgan fingerprint density at radius 3 is 2.65 bits per heavy atom. The zero-order valence-corrected chi connectivity index (χ0v) is 13.5. The Balaban J connectivity index is 1.77. The molecule has 0 spiro atoms. The normalized spacial score (nSPS) is 24.7. The van der Waals surface area contributed by atoms with E-state index in [-0.39, 0.29) is 5.78 Å². The van der Waals surface area contributed by atoms with Crippen molar-refractivity contribution >= 4 is 11.5 Å². The van der Waals surface area contributed by atoms with Crippen molar-refractivity contribution in [1.29, 1.82) is 0 Å². The average molecular weight is 303 g/mol. The van der Waals surface area contributed by atoms with Crippen LogP contribution in [0.4, 0.5) is 5.69 Å². The van der Waals surface area contributed by atoms with Crippen LogP contribution in [0.25, 0.3) is 0 Å². The molecule has 0 saturated carbocycles. The number of nitrogens with one attached hydrogen (secondary N) is 1. The molecule has 1 aliphatic heterocycles. The first-order valence-corrected chi connectivity index (χ1v) is 8.28. The monoisotopic (exact) mass is 303 g/mol. The first kappa shape index (κ1) is 14.3. The summed E-state index contributed by atoms with van der Waals surface area (Å²) in [6.07, 6.45) is 5.68. The molecule has 23 heavy (non-hydrogen) atoms. The number of carbonyl (C=O) groups excluding carboxylic acids is 1. The van der Waals surface area contributed by atoms with Crippen LogP contribution in [0.5, 0.6) is 0 Å². The zero-order valence-electron chi connectivity index (χ0n) is 13.5. The molecule has 3 atom stereocenters. The minimum Gasteiger partial charge on any atom is -0.378 e. The Hall–Kier alpha value is -2.35. The molecule has 2 heteroatoms. The Morgan fingerprint density at radius 1 is 1.13 bits per heavy atom. The van der Waals surface area contributed by atoms with E-state index in [2.05, 4.69) is 60.8 Å². The van der Waals surface area contributed by atoms with Crippen molar-refractivity contribution in [1.82, 2.24) is 0 Å². The molecule has 116 valence electrons. The summed E-state index contributed by atoms with van der Waals surface area (Å²) in [6.45, 7) is 3.76. The van der Waals surface area contributed by atoms with Gasteiger partial charge in [0.2, 0.25) is 0 Å². The second kappa shape index (κ2) is 5.38. The molecule has 0 unspecified atom stereocenters. The van der Waals surface area contributed by atoms with Crippen LogP contribution in [0.3, 0.4) is 0 Å². The van der Waals surface area contributed by atoms with E-state index in [4.69, 9.17) is 0 Å². The number of carbonyl (C=O) groups is 1. The molecule has 2 aromatic carbocycles. The second-order valence-corrected chi connectivity index (χ2v) is 6.74. The van der Waals surface area contributed by atoms with E-state index < -0.39 is 0 Å². The van der Waals surface area contributed by atoms with Gasteiger partial charge in [-0.05, 0) is 55.5 Å². The number of fused-ring (bicyclic) bond motifs is 3. The third-order valence-electron chi connectivity index (χ3n) is 5.21. The maximum absolute atomic E-state index is 11.7. The molecule has 0 saturated heterocycles. The quantitative estimate of drug-likeness (QED) is 0.623. The van der Waals surface area contributed by atoms with E-state index >= 15 is 0 Å². The molecule has 0 aromatic heterocycles. The lowest BCUT2D eigenvalue weighted by molar-refractivity contribution is 0.101. The molecular formula is C21H21NO. The van der Waals surface area contributed by atoms with Crippen LogP contribution in [0, 0.1) is 12.8 Å². The molecule has 4 rings (SSSR count). The third kappa shape index (κ3) is 2.39. The average Bonchev–Trinajstić information content (AvgIpc) is 3.04.